The number of benzene rings is 2. The van der Waals surface area contributed by atoms with Crippen molar-refractivity contribution in [1.29, 1.82) is 0 Å². The molecule has 9 nitrogen and oxygen atoms in total. The van der Waals surface area contributed by atoms with E-state index in [9.17, 15) is 29.6 Å². The zero-order valence-electron chi connectivity index (χ0n) is 12.1. The van der Waals surface area contributed by atoms with E-state index >= 15 is 0 Å². The van der Waals surface area contributed by atoms with Crippen LogP contribution in [-0.4, -0.2) is 45.3 Å². The van der Waals surface area contributed by atoms with Crippen LogP contribution in [0.4, 0.5) is 5.69 Å². The molecule has 122 valence electrons. The Balaban J connectivity index is 2.32. The lowest BCUT2D eigenvalue weighted by Gasteiger charge is -2.31. The molecule has 1 aliphatic rings. The Morgan fingerprint density at radius 2 is 1.92 bits per heavy atom. The Hall–Kier alpha value is -3.33. The second-order valence-corrected chi connectivity index (χ2v) is 5.24. The first kappa shape index (κ1) is 15.6. The van der Waals surface area contributed by atoms with E-state index in [4.69, 9.17) is 5.73 Å². The van der Waals surface area contributed by atoms with Crippen LogP contribution in [0, 0.1) is 10.1 Å². The molecule has 0 spiro atoms. The van der Waals surface area contributed by atoms with Gasteiger partial charge in [0.05, 0.1) is 17.1 Å². The second-order valence-electron chi connectivity index (χ2n) is 5.24. The molecule has 24 heavy (non-hydrogen) atoms. The summed E-state index contributed by atoms with van der Waals surface area (Å²) < 4.78 is 0. The molecule has 0 unspecified atom stereocenters. The molecule has 9 heteroatoms. The number of hydrogen-bond donors (Lipinski definition) is 2. The Labute approximate surface area is 134 Å². The third-order valence-corrected chi connectivity index (χ3v) is 3.88. The number of carbonyl (C=O) groups excluding carboxylic acids is 3. The molecular weight excluding hydrogens is 318 g/mol. The van der Waals surface area contributed by atoms with E-state index in [1.54, 1.807) is 6.07 Å². The standard InChI is InChI=1S/C15H11N3O6/c16-13(20)11(6-19)17-14(21)9-3-1-2-7-4-8(18(23)24)5-10(12(7)9)15(17)22/h1-5,11,19H,6H2,(H2,16,20)/t11-/m1/s1. The fourth-order valence-electron chi connectivity index (χ4n) is 2.80. The number of rotatable bonds is 4. The average molecular weight is 329 g/mol. The van der Waals surface area contributed by atoms with Crippen molar-refractivity contribution in [3.63, 3.8) is 0 Å². The fourth-order valence-corrected chi connectivity index (χ4v) is 2.80. The maximum Gasteiger partial charge on any atom is 0.270 e. The van der Waals surface area contributed by atoms with Crippen molar-refractivity contribution in [3.8, 4) is 0 Å². The molecule has 1 heterocycles. The first-order valence-electron chi connectivity index (χ1n) is 6.86. The Kier molecular flexibility index (Phi) is 3.49. The quantitative estimate of drug-likeness (QED) is 0.465. The van der Waals surface area contributed by atoms with E-state index in [1.165, 1.54) is 18.2 Å². The molecule has 0 radical (unpaired) electrons. The molecule has 0 fully saturated rings. The van der Waals surface area contributed by atoms with Crippen LogP contribution in [0.25, 0.3) is 10.8 Å². The van der Waals surface area contributed by atoms with Crippen LogP contribution in [0.1, 0.15) is 20.7 Å². The number of nitrogens with zero attached hydrogens (tertiary/aromatic N) is 2. The summed E-state index contributed by atoms with van der Waals surface area (Å²) in [7, 11) is 0. The van der Waals surface area contributed by atoms with Gasteiger partial charge in [0, 0.05) is 23.1 Å². The second kappa shape index (κ2) is 5.39. The van der Waals surface area contributed by atoms with E-state index in [0.29, 0.717) is 10.3 Å². The van der Waals surface area contributed by atoms with Crippen LogP contribution >= 0.6 is 0 Å². The maximum atomic E-state index is 12.7. The highest BCUT2D eigenvalue weighted by atomic mass is 16.6. The zero-order chi connectivity index (χ0) is 17.6. The number of nitro groups is 1. The van der Waals surface area contributed by atoms with Crippen LogP contribution in [-0.2, 0) is 4.79 Å². The largest absolute Gasteiger partial charge is 0.394 e. The van der Waals surface area contributed by atoms with Crippen molar-refractivity contribution in [1.82, 2.24) is 4.90 Å². The summed E-state index contributed by atoms with van der Waals surface area (Å²) in [6.45, 7) is -0.840. The molecular formula is C15H11N3O6. The van der Waals surface area contributed by atoms with Gasteiger partial charge < -0.3 is 10.8 Å². The van der Waals surface area contributed by atoms with Gasteiger partial charge >= 0.3 is 0 Å². The van der Waals surface area contributed by atoms with Crippen molar-refractivity contribution >= 4 is 34.2 Å². The van der Waals surface area contributed by atoms with Crippen molar-refractivity contribution < 1.29 is 24.4 Å². The SMILES string of the molecule is NC(=O)[C@@H](CO)N1C(=O)c2cccc3cc([N+](=O)[O-])cc(c23)C1=O. The summed E-state index contributed by atoms with van der Waals surface area (Å²) in [4.78, 5) is 47.7. The lowest BCUT2D eigenvalue weighted by Crippen LogP contribution is -2.54. The number of hydrogen-bond acceptors (Lipinski definition) is 6. The Morgan fingerprint density at radius 3 is 2.50 bits per heavy atom. The van der Waals surface area contributed by atoms with Gasteiger partial charge in [0.1, 0.15) is 6.04 Å². The Morgan fingerprint density at radius 1 is 1.25 bits per heavy atom. The highest BCUT2D eigenvalue weighted by Gasteiger charge is 2.40. The van der Waals surface area contributed by atoms with Crippen LogP contribution < -0.4 is 5.73 Å². The highest BCUT2D eigenvalue weighted by Crippen LogP contribution is 2.34. The number of imide groups is 1. The van der Waals surface area contributed by atoms with E-state index in [2.05, 4.69) is 0 Å². The number of non-ortho nitro benzene ring substituents is 1. The molecule has 1 aliphatic heterocycles. The molecule has 0 bridgehead atoms. The number of nitro benzene ring substituents is 1. The van der Waals surface area contributed by atoms with Crippen LogP contribution in [0.3, 0.4) is 0 Å². The molecule has 0 aromatic heterocycles. The summed E-state index contributed by atoms with van der Waals surface area (Å²) in [5.74, 6) is -2.75. The van der Waals surface area contributed by atoms with Gasteiger partial charge in [-0.15, -0.1) is 0 Å². The molecule has 2 aromatic carbocycles. The lowest BCUT2D eigenvalue weighted by atomic mass is 9.92. The fraction of sp³-hybridized carbons (Fsp3) is 0.133. The number of primary amides is 1. The minimum absolute atomic E-state index is 0.0888. The molecule has 0 aliphatic carbocycles. The van der Waals surface area contributed by atoms with Gasteiger partial charge in [-0.1, -0.05) is 12.1 Å². The van der Waals surface area contributed by atoms with Crippen molar-refractivity contribution in [2.24, 2.45) is 5.73 Å². The minimum atomic E-state index is -1.55. The number of carbonyl (C=O) groups is 3. The summed E-state index contributed by atoms with van der Waals surface area (Å²) in [5, 5.41) is 21.0. The van der Waals surface area contributed by atoms with Crippen LogP contribution in [0.2, 0.25) is 0 Å². The van der Waals surface area contributed by atoms with E-state index in [0.717, 1.165) is 6.07 Å². The van der Waals surface area contributed by atoms with Crippen LogP contribution in [0.5, 0.6) is 0 Å². The summed E-state index contributed by atoms with van der Waals surface area (Å²) in [5.41, 5.74) is 4.84. The van der Waals surface area contributed by atoms with Crippen LogP contribution in [0.15, 0.2) is 30.3 Å². The smallest absolute Gasteiger partial charge is 0.270 e. The first-order valence-corrected chi connectivity index (χ1v) is 6.86. The van der Waals surface area contributed by atoms with Gasteiger partial charge in [-0.2, -0.15) is 0 Å². The molecule has 3 amide bonds. The van der Waals surface area contributed by atoms with E-state index in [-0.39, 0.29) is 22.2 Å². The topological polar surface area (TPSA) is 144 Å². The Bertz CT molecular complexity index is 923. The molecule has 3 rings (SSSR count). The summed E-state index contributed by atoms with van der Waals surface area (Å²) in [6, 6.07) is 5.25. The average Bonchev–Trinajstić information content (AvgIpc) is 2.55. The minimum Gasteiger partial charge on any atom is -0.394 e. The molecule has 2 aromatic rings. The third-order valence-electron chi connectivity index (χ3n) is 3.88. The number of nitrogens with two attached hydrogens (primary N) is 1. The normalized spacial score (nSPS) is 14.8. The van der Waals surface area contributed by atoms with Crippen molar-refractivity contribution in [2.75, 3.05) is 6.61 Å². The first-order chi connectivity index (χ1) is 11.4. The van der Waals surface area contributed by atoms with Crippen molar-refractivity contribution in [2.45, 2.75) is 6.04 Å². The highest BCUT2D eigenvalue weighted by molar-refractivity contribution is 6.26. The summed E-state index contributed by atoms with van der Waals surface area (Å²) >= 11 is 0. The van der Waals surface area contributed by atoms with Gasteiger partial charge in [-0.25, -0.2) is 0 Å². The number of aliphatic hydroxyl groups excluding tert-OH is 1. The maximum absolute atomic E-state index is 12.7. The zero-order valence-corrected chi connectivity index (χ0v) is 12.1. The molecule has 0 saturated heterocycles. The third kappa shape index (κ3) is 2.10. The van der Waals surface area contributed by atoms with Gasteiger partial charge in [-0.3, -0.25) is 29.4 Å². The predicted molar refractivity (Wildman–Crippen MR) is 81.2 cm³/mol. The number of aliphatic hydroxyl groups is 1. The van der Waals surface area contributed by atoms with Gasteiger partial charge in [0.2, 0.25) is 5.91 Å². The van der Waals surface area contributed by atoms with Crippen molar-refractivity contribution in [3.05, 3.63) is 51.6 Å². The van der Waals surface area contributed by atoms with Gasteiger partial charge in [-0.05, 0) is 11.5 Å². The molecule has 0 saturated carbocycles. The van der Waals surface area contributed by atoms with Gasteiger partial charge in [0.25, 0.3) is 17.5 Å². The number of amides is 3. The lowest BCUT2D eigenvalue weighted by molar-refractivity contribution is -0.384. The van der Waals surface area contributed by atoms with E-state index in [1.807, 2.05) is 0 Å². The molecule has 1 atom stereocenters. The summed E-state index contributed by atoms with van der Waals surface area (Å²) in [6.07, 6.45) is 0. The van der Waals surface area contributed by atoms with Gasteiger partial charge in [0.15, 0.2) is 0 Å². The monoisotopic (exact) mass is 329 g/mol. The molecule has 3 N–H and O–H groups in total. The predicted octanol–water partition coefficient (Wildman–Crippen LogP) is 0.190. The van der Waals surface area contributed by atoms with E-state index < -0.39 is 35.3 Å².